The van der Waals surface area contributed by atoms with Crippen LogP contribution < -0.4 is 0 Å². The molecule has 60 heavy (non-hydrogen) atoms. The van der Waals surface area contributed by atoms with Crippen molar-refractivity contribution < 1.29 is 0 Å². The van der Waals surface area contributed by atoms with Gasteiger partial charge in [0.1, 0.15) is 0 Å². The van der Waals surface area contributed by atoms with E-state index >= 15 is 0 Å². The van der Waals surface area contributed by atoms with Gasteiger partial charge >= 0.3 is 0 Å². The second-order valence-corrected chi connectivity index (χ2v) is 17.5. The van der Waals surface area contributed by atoms with Crippen LogP contribution in [0.2, 0.25) is 0 Å². The highest BCUT2D eigenvalue weighted by molar-refractivity contribution is 7.26. The van der Waals surface area contributed by atoms with E-state index < -0.39 is 0 Å². The zero-order valence-electron chi connectivity index (χ0n) is 32.1. The van der Waals surface area contributed by atoms with Crippen LogP contribution in [0.15, 0.2) is 188 Å². The van der Waals surface area contributed by atoms with E-state index in [0.717, 1.165) is 22.3 Å². The van der Waals surface area contributed by atoms with E-state index in [-0.39, 0.29) is 0 Å². The predicted octanol–water partition coefficient (Wildman–Crippen LogP) is 15.9. The van der Waals surface area contributed by atoms with Crippen molar-refractivity contribution >= 4 is 106 Å². The summed E-state index contributed by atoms with van der Waals surface area (Å²) in [7, 11) is 0. The second-order valence-electron chi connectivity index (χ2n) is 15.4. The van der Waals surface area contributed by atoms with Gasteiger partial charge in [-0.05, 0) is 90.6 Å². The summed E-state index contributed by atoms with van der Waals surface area (Å²) in [5.74, 6) is 1.99. The molecule has 0 amide bonds. The van der Waals surface area contributed by atoms with Gasteiger partial charge in [0.25, 0.3) is 0 Å². The van der Waals surface area contributed by atoms with Crippen LogP contribution in [0.1, 0.15) is 0 Å². The zero-order valence-corrected chi connectivity index (χ0v) is 33.7. The lowest BCUT2D eigenvalue weighted by Crippen LogP contribution is -2.00. The minimum atomic E-state index is 0.648. The fourth-order valence-electron chi connectivity index (χ4n) is 9.42. The van der Waals surface area contributed by atoms with E-state index in [0.29, 0.717) is 17.5 Å². The van der Waals surface area contributed by atoms with E-state index in [4.69, 9.17) is 15.0 Å². The lowest BCUT2D eigenvalue weighted by molar-refractivity contribution is 1.08. The van der Waals surface area contributed by atoms with Crippen LogP contribution in [0, 0.1) is 0 Å². The molecule has 0 unspecified atom stereocenters. The van der Waals surface area contributed by atoms with E-state index in [1.807, 2.05) is 0 Å². The first kappa shape index (κ1) is 33.6. The predicted molar refractivity (Wildman–Crippen MR) is 257 cm³/mol. The molecule has 0 saturated heterocycles. The lowest BCUT2D eigenvalue weighted by Gasteiger charge is -2.16. The number of aromatic nitrogens is 3. The maximum Gasteiger partial charge on any atom is 0.165 e. The van der Waals surface area contributed by atoms with E-state index in [1.54, 1.807) is 22.7 Å². The molecular weight excluding hydrogens is 767 g/mol. The first-order valence-electron chi connectivity index (χ1n) is 20.2. The Morgan fingerprint density at radius 3 is 1.28 bits per heavy atom. The van der Waals surface area contributed by atoms with Gasteiger partial charge in [0.2, 0.25) is 0 Å². The Balaban J connectivity index is 1.06. The van der Waals surface area contributed by atoms with Crippen LogP contribution in [0.25, 0.3) is 129 Å². The maximum atomic E-state index is 5.35. The topological polar surface area (TPSA) is 38.7 Å². The van der Waals surface area contributed by atoms with Crippen LogP contribution in [0.5, 0.6) is 0 Å². The maximum absolute atomic E-state index is 5.35. The fraction of sp³-hybridized carbons (Fsp3) is 0. The fourth-order valence-corrected chi connectivity index (χ4v) is 11.8. The number of thiophene rings is 2. The molecule has 3 heterocycles. The Morgan fingerprint density at radius 2 is 0.683 bits per heavy atom. The third kappa shape index (κ3) is 5.03. The van der Waals surface area contributed by atoms with Crippen LogP contribution in [0.4, 0.5) is 0 Å². The largest absolute Gasteiger partial charge is 0.208 e. The molecular formula is C55H31N3S2. The molecule has 10 aromatic carbocycles. The summed E-state index contributed by atoms with van der Waals surface area (Å²) in [6.07, 6.45) is 0. The van der Waals surface area contributed by atoms with Gasteiger partial charge in [0, 0.05) is 57.0 Å². The highest BCUT2D eigenvalue weighted by Gasteiger charge is 2.20. The Labute approximate surface area is 352 Å². The molecule has 0 bridgehead atoms. The molecule has 0 spiro atoms. The number of rotatable bonds is 4. The zero-order chi connectivity index (χ0) is 39.3. The van der Waals surface area contributed by atoms with Crippen molar-refractivity contribution in [3.05, 3.63) is 188 Å². The monoisotopic (exact) mass is 797 g/mol. The molecule has 0 atom stereocenters. The molecule has 13 aromatic rings. The van der Waals surface area contributed by atoms with Gasteiger partial charge in [0.05, 0.1) is 0 Å². The molecule has 3 aromatic heterocycles. The summed E-state index contributed by atoms with van der Waals surface area (Å²) in [5, 5.41) is 15.0. The molecule has 5 heteroatoms. The first-order valence-corrected chi connectivity index (χ1v) is 21.8. The van der Waals surface area contributed by atoms with E-state index in [9.17, 15) is 0 Å². The van der Waals surface area contributed by atoms with Gasteiger partial charge in [-0.2, -0.15) is 0 Å². The van der Waals surface area contributed by atoms with Gasteiger partial charge < -0.3 is 0 Å². The highest BCUT2D eigenvalue weighted by atomic mass is 32.1. The smallest absolute Gasteiger partial charge is 0.165 e. The number of fused-ring (bicyclic) bond motifs is 14. The summed E-state index contributed by atoms with van der Waals surface area (Å²) in [5.41, 5.74) is 5.26. The number of hydrogen-bond donors (Lipinski definition) is 0. The molecule has 0 N–H and O–H groups in total. The Hall–Kier alpha value is -7.31. The van der Waals surface area contributed by atoms with Crippen LogP contribution in [0.3, 0.4) is 0 Å². The molecule has 0 aliphatic carbocycles. The SMILES string of the molecule is c1cc(-c2nc(-c3cccc4c3sc3ccccc34)nc(-c3cccc4c3sc3ccccc34)n2)cc(-c2cc3c4ccccc4c4ccccc4c3c3ccccc23)c1. The van der Waals surface area contributed by atoms with Crippen molar-refractivity contribution in [1.29, 1.82) is 0 Å². The molecule has 0 saturated carbocycles. The summed E-state index contributed by atoms with van der Waals surface area (Å²) in [6.45, 7) is 0. The van der Waals surface area contributed by atoms with Crippen LogP contribution >= 0.6 is 22.7 Å². The average Bonchev–Trinajstić information content (AvgIpc) is 3.90. The lowest BCUT2D eigenvalue weighted by atomic mass is 9.87. The van der Waals surface area contributed by atoms with Gasteiger partial charge in [-0.3, -0.25) is 0 Å². The van der Waals surface area contributed by atoms with Gasteiger partial charge in [-0.1, -0.05) is 152 Å². The minimum absolute atomic E-state index is 0.648. The second kappa shape index (κ2) is 13.1. The van der Waals surface area contributed by atoms with Crippen molar-refractivity contribution in [3.8, 4) is 45.3 Å². The Morgan fingerprint density at radius 1 is 0.267 bits per heavy atom. The van der Waals surface area contributed by atoms with Crippen molar-refractivity contribution in [3.63, 3.8) is 0 Å². The molecule has 278 valence electrons. The van der Waals surface area contributed by atoms with Gasteiger partial charge in [-0.25, -0.2) is 15.0 Å². The molecule has 0 radical (unpaired) electrons. The molecule has 0 aliphatic rings. The Bertz CT molecular complexity index is 3780. The summed E-state index contributed by atoms with van der Waals surface area (Å²) < 4.78 is 4.86. The van der Waals surface area contributed by atoms with Crippen molar-refractivity contribution in [2.24, 2.45) is 0 Å². The standard InChI is InChI=1S/C55H31N3S2/c1-2-18-36-34(16-1)35-17-3-5-22-40(35)50-41-23-6-4-19-37(41)46(31-47(36)50)32-14-11-15-33(30-32)53-56-54(44-26-12-24-42-38-20-7-9-28-48(38)59-51(42)44)58-55(57-53)45-27-13-25-43-39-21-8-10-29-49(39)60-52(43)45/h1-31H. The molecule has 0 aliphatic heterocycles. The normalized spacial score (nSPS) is 12.0. The van der Waals surface area contributed by atoms with E-state index in [2.05, 4.69) is 188 Å². The first-order chi connectivity index (χ1) is 29.7. The summed E-state index contributed by atoms with van der Waals surface area (Å²) in [4.78, 5) is 16.0. The van der Waals surface area contributed by atoms with Crippen molar-refractivity contribution in [2.45, 2.75) is 0 Å². The van der Waals surface area contributed by atoms with Gasteiger partial charge in [0.15, 0.2) is 17.5 Å². The minimum Gasteiger partial charge on any atom is -0.208 e. The third-order valence-corrected chi connectivity index (χ3v) is 14.5. The average molecular weight is 798 g/mol. The van der Waals surface area contributed by atoms with Gasteiger partial charge in [-0.15, -0.1) is 22.7 Å². The Kier molecular flexibility index (Phi) is 7.35. The number of nitrogens with zero attached hydrogens (tertiary/aromatic N) is 3. The summed E-state index contributed by atoms with van der Waals surface area (Å²) >= 11 is 3.59. The number of hydrogen-bond acceptors (Lipinski definition) is 5. The summed E-state index contributed by atoms with van der Waals surface area (Å²) in [6, 6.07) is 67.9. The molecule has 3 nitrogen and oxygen atoms in total. The highest BCUT2D eigenvalue weighted by Crippen LogP contribution is 2.45. The van der Waals surface area contributed by atoms with Crippen molar-refractivity contribution in [2.75, 3.05) is 0 Å². The number of benzene rings is 10. The third-order valence-electron chi connectivity index (χ3n) is 12.1. The van der Waals surface area contributed by atoms with Crippen molar-refractivity contribution in [1.82, 2.24) is 15.0 Å². The van der Waals surface area contributed by atoms with E-state index in [1.165, 1.54) is 89.0 Å². The van der Waals surface area contributed by atoms with Crippen LogP contribution in [-0.4, -0.2) is 15.0 Å². The molecule has 13 rings (SSSR count). The van der Waals surface area contributed by atoms with Crippen LogP contribution in [-0.2, 0) is 0 Å². The molecule has 0 fully saturated rings. The quantitative estimate of drug-likeness (QED) is 0.167.